The number of nitro benzene ring substituents is 1. The van der Waals surface area contributed by atoms with Crippen molar-refractivity contribution in [2.24, 2.45) is 0 Å². The maximum Gasteiger partial charge on any atom is 0.269 e. The number of likely N-dealkylation sites (N-methyl/N-ethyl adjacent to an activating group) is 1. The van der Waals surface area contributed by atoms with E-state index < -0.39 is 4.92 Å². The highest BCUT2D eigenvalue weighted by Crippen LogP contribution is 2.23. The van der Waals surface area contributed by atoms with Crippen LogP contribution >= 0.6 is 11.6 Å². The van der Waals surface area contributed by atoms with E-state index in [1.165, 1.54) is 23.1 Å². The van der Waals surface area contributed by atoms with Crippen molar-refractivity contribution in [2.45, 2.75) is 6.54 Å². The second-order valence-electron chi connectivity index (χ2n) is 4.45. The molecule has 0 bridgehead atoms. The lowest BCUT2D eigenvalue weighted by atomic mass is 10.2. The van der Waals surface area contributed by atoms with Gasteiger partial charge in [-0.15, -0.1) is 0 Å². The molecule has 0 fully saturated rings. The number of nitro groups is 1. The number of carbonyl (C=O) groups excluding carboxylic acids is 1. The summed E-state index contributed by atoms with van der Waals surface area (Å²) in [5.41, 5.74) is 0.493. The third-order valence-electron chi connectivity index (χ3n) is 2.83. The summed E-state index contributed by atoms with van der Waals surface area (Å²) in [5, 5.41) is 14.1. The Hall–Kier alpha value is -1.70. The van der Waals surface area contributed by atoms with Gasteiger partial charge in [-0.2, -0.15) is 0 Å². The molecule has 0 saturated carbocycles. The number of non-ortho nitro benzene ring substituents is 1. The summed E-state index contributed by atoms with van der Waals surface area (Å²) in [4.78, 5) is 23.6. The molecule has 0 aliphatic carbocycles. The third kappa shape index (κ3) is 5.66. The lowest BCUT2D eigenvalue weighted by molar-refractivity contribution is -0.384. The van der Waals surface area contributed by atoms with E-state index >= 15 is 0 Å². The lowest BCUT2D eigenvalue weighted by Gasteiger charge is -2.18. The number of rotatable bonds is 8. The highest BCUT2D eigenvalue weighted by molar-refractivity contribution is 6.31. The van der Waals surface area contributed by atoms with E-state index in [4.69, 9.17) is 16.3 Å². The fourth-order valence-electron chi connectivity index (χ4n) is 1.64. The first-order chi connectivity index (χ1) is 9.95. The third-order valence-corrected chi connectivity index (χ3v) is 3.20. The van der Waals surface area contributed by atoms with Gasteiger partial charge >= 0.3 is 0 Å². The molecule has 0 spiro atoms. The van der Waals surface area contributed by atoms with Crippen LogP contribution in [0.5, 0.6) is 0 Å². The average molecular weight is 316 g/mol. The van der Waals surface area contributed by atoms with Gasteiger partial charge in [0.25, 0.3) is 5.69 Å². The number of nitrogens with one attached hydrogen (secondary N) is 1. The molecule has 7 nitrogen and oxygen atoms in total. The largest absolute Gasteiger partial charge is 0.383 e. The minimum atomic E-state index is -0.492. The monoisotopic (exact) mass is 315 g/mol. The minimum absolute atomic E-state index is 0.0477. The second kappa shape index (κ2) is 8.56. The minimum Gasteiger partial charge on any atom is -0.383 e. The van der Waals surface area contributed by atoms with Crippen LogP contribution in [-0.4, -0.2) is 49.6 Å². The van der Waals surface area contributed by atoms with Gasteiger partial charge in [-0.05, 0) is 11.6 Å². The van der Waals surface area contributed by atoms with Crippen molar-refractivity contribution in [1.29, 1.82) is 0 Å². The van der Waals surface area contributed by atoms with E-state index in [0.717, 1.165) is 0 Å². The van der Waals surface area contributed by atoms with Crippen molar-refractivity contribution in [2.75, 3.05) is 33.9 Å². The van der Waals surface area contributed by atoms with Crippen molar-refractivity contribution >= 4 is 23.2 Å². The van der Waals surface area contributed by atoms with Crippen LogP contribution in [0.2, 0.25) is 5.02 Å². The zero-order chi connectivity index (χ0) is 15.8. The van der Waals surface area contributed by atoms with Crippen LogP contribution in [0, 0.1) is 10.1 Å². The molecule has 0 aliphatic heterocycles. The van der Waals surface area contributed by atoms with Crippen LogP contribution in [-0.2, 0) is 16.1 Å². The second-order valence-corrected chi connectivity index (χ2v) is 4.86. The van der Waals surface area contributed by atoms with Gasteiger partial charge in [-0.1, -0.05) is 11.6 Å². The first-order valence-corrected chi connectivity index (χ1v) is 6.70. The smallest absolute Gasteiger partial charge is 0.269 e. The molecule has 0 atom stereocenters. The first-order valence-electron chi connectivity index (χ1n) is 6.32. The molecule has 0 unspecified atom stereocenters. The molecule has 0 saturated heterocycles. The van der Waals surface area contributed by atoms with Crippen molar-refractivity contribution in [1.82, 2.24) is 10.2 Å². The molecule has 1 aromatic carbocycles. The standard InChI is InChI=1S/C13H18ClN3O4/c1-16(13(18)8-15-5-6-21-2)9-10-7-11(17(19)20)3-4-12(10)14/h3-4,7,15H,5-6,8-9H2,1-2H3. The van der Waals surface area contributed by atoms with Crippen LogP contribution in [0.15, 0.2) is 18.2 Å². The number of nitrogens with zero attached hydrogens (tertiary/aromatic N) is 2. The van der Waals surface area contributed by atoms with Gasteiger partial charge in [0.05, 0.1) is 18.1 Å². The molecule has 1 N–H and O–H groups in total. The molecule has 1 amide bonds. The first kappa shape index (κ1) is 17.4. The fourth-order valence-corrected chi connectivity index (χ4v) is 1.82. The molecular weight excluding hydrogens is 298 g/mol. The molecule has 1 rings (SSSR count). The topological polar surface area (TPSA) is 84.7 Å². The van der Waals surface area contributed by atoms with E-state index in [-0.39, 0.29) is 24.7 Å². The van der Waals surface area contributed by atoms with E-state index in [2.05, 4.69) is 5.32 Å². The van der Waals surface area contributed by atoms with Crippen molar-refractivity contribution in [3.63, 3.8) is 0 Å². The Morgan fingerprint density at radius 1 is 1.52 bits per heavy atom. The highest BCUT2D eigenvalue weighted by atomic mass is 35.5. The van der Waals surface area contributed by atoms with Crippen LogP contribution < -0.4 is 5.32 Å². The van der Waals surface area contributed by atoms with Gasteiger partial charge in [0.2, 0.25) is 5.91 Å². The van der Waals surface area contributed by atoms with Crippen LogP contribution in [0.1, 0.15) is 5.56 Å². The number of hydrogen-bond acceptors (Lipinski definition) is 5. The summed E-state index contributed by atoms with van der Waals surface area (Å²) >= 11 is 6.00. The summed E-state index contributed by atoms with van der Waals surface area (Å²) in [6.45, 7) is 1.49. The zero-order valence-corrected chi connectivity index (χ0v) is 12.7. The maximum atomic E-state index is 11.9. The van der Waals surface area contributed by atoms with Gasteiger partial charge in [-0.3, -0.25) is 14.9 Å². The number of hydrogen-bond donors (Lipinski definition) is 1. The number of carbonyl (C=O) groups is 1. The Kier molecular flexibility index (Phi) is 7.07. The van der Waals surface area contributed by atoms with Crippen LogP contribution in [0.3, 0.4) is 0 Å². The van der Waals surface area contributed by atoms with Crippen LogP contribution in [0.4, 0.5) is 5.69 Å². The summed E-state index contributed by atoms with van der Waals surface area (Å²) < 4.78 is 4.86. The molecule has 0 aromatic heterocycles. The Morgan fingerprint density at radius 3 is 2.86 bits per heavy atom. The van der Waals surface area contributed by atoms with E-state index in [1.807, 2.05) is 0 Å². The van der Waals surface area contributed by atoms with Gasteiger partial charge in [0.15, 0.2) is 0 Å². The lowest BCUT2D eigenvalue weighted by Crippen LogP contribution is -2.36. The van der Waals surface area contributed by atoms with Crippen molar-refractivity contribution in [3.8, 4) is 0 Å². The molecule has 0 aliphatic rings. The Balaban J connectivity index is 2.61. The number of ether oxygens (including phenoxy) is 1. The molecule has 0 heterocycles. The van der Waals surface area contributed by atoms with Gasteiger partial charge in [0, 0.05) is 44.4 Å². The predicted octanol–water partition coefficient (Wildman–Crippen LogP) is 1.44. The van der Waals surface area contributed by atoms with Crippen molar-refractivity contribution in [3.05, 3.63) is 38.9 Å². The molecule has 8 heteroatoms. The summed E-state index contributed by atoms with van der Waals surface area (Å²) in [7, 11) is 3.20. The average Bonchev–Trinajstić information content (AvgIpc) is 2.45. The quantitative estimate of drug-likeness (QED) is 0.446. The summed E-state index contributed by atoms with van der Waals surface area (Å²) in [5.74, 6) is -0.131. The fraction of sp³-hybridized carbons (Fsp3) is 0.462. The van der Waals surface area contributed by atoms with Crippen molar-refractivity contribution < 1.29 is 14.5 Å². The Bertz CT molecular complexity index is 510. The normalized spacial score (nSPS) is 10.4. The number of methoxy groups -OCH3 is 1. The molecule has 116 valence electrons. The predicted molar refractivity (Wildman–Crippen MR) is 79.3 cm³/mol. The molecule has 1 aromatic rings. The zero-order valence-electron chi connectivity index (χ0n) is 12.0. The molecule has 0 radical (unpaired) electrons. The van der Waals surface area contributed by atoms with E-state index in [0.29, 0.717) is 23.7 Å². The summed E-state index contributed by atoms with van der Waals surface area (Å²) in [6, 6.07) is 4.18. The SMILES string of the molecule is COCCNCC(=O)N(C)Cc1cc([N+](=O)[O-])ccc1Cl. The van der Waals surface area contributed by atoms with E-state index in [9.17, 15) is 14.9 Å². The Morgan fingerprint density at radius 2 is 2.24 bits per heavy atom. The highest BCUT2D eigenvalue weighted by Gasteiger charge is 2.14. The Labute approximate surface area is 128 Å². The number of halogens is 1. The van der Waals surface area contributed by atoms with Gasteiger partial charge in [0.1, 0.15) is 0 Å². The summed E-state index contributed by atoms with van der Waals surface area (Å²) in [6.07, 6.45) is 0. The van der Waals surface area contributed by atoms with Crippen LogP contribution in [0.25, 0.3) is 0 Å². The molecular formula is C13H18ClN3O4. The van der Waals surface area contributed by atoms with E-state index in [1.54, 1.807) is 14.2 Å². The van der Waals surface area contributed by atoms with Gasteiger partial charge < -0.3 is 15.0 Å². The number of benzene rings is 1. The van der Waals surface area contributed by atoms with Gasteiger partial charge in [-0.25, -0.2) is 0 Å². The number of amides is 1. The maximum absolute atomic E-state index is 11.9. The molecule has 21 heavy (non-hydrogen) atoms.